The van der Waals surface area contributed by atoms with E-state index >= 15 is 0 Å². The van der Waals surface area contributed by atoms with Gasteiger partial charge in [-0.2, -0.15) is 5.10 Å². The van der Waals surface area contributed by atoms with Crippen LogP contribution >= 0.6 is 11.6 Å². The molecule has 0 aliphatic carbocycles. The van der Waals surface area contributed by atoms with E-state index in [0.717, 1.165) is 5.56 Å². The largest absolute Gasteiger partial charge is 0.322 e. The van der Waals surface area contributed by atoms with Gasteiger partial charge in [-0.1, -0.05) is 41.9 Å². The molecule has 0 fully saturated rings. The Kier molecular flexibility index (Phi) is 2.29. The molecule has 0 unspecified atom stereocenters. The van der Waals surface area contributed by atoms with Crippen LogP contribution in [0.2, 0.25) is 0 Å². The molecule has 0 aliphatic heterocycles. The van der Waals surface area contributed by atoms with Gasteiger partial charge in [0, 0.05) is 5.56 Å². The number of benzene rings is 1. The standard InChI is InChI=1S/C7H7ClN2/c8-7(10-9)6-4-2-1-3-5-6/h1-5H,9H2. The maximum Gasteiger partial charge on any atom is 0.155 e. The number of hydrogen-bond acceptors (Lipinski definition) is 2. The lowest BCUT2D eigenvalue weighted by molar-refractivity contribution is 1.26. The molecule has 1 aromatic carbocycles. The summed E-state index contributed by atoms with van der Waals surface area (Å²) in [7, 11) is 0. The summed E-state index contributed by atoms with van der Waals surface area (Å²) < 4.78 is 0. The number of nitrogens with two attached hydrogens (primary N) is 1. The summed E-state index contributed by atoms with van der Waals surface area (Å²) in [6.07, 6.45) is 0. The Morgan fingerprint density at radius 1 is 1.30 bits per heavy atom. The average Bonchev–Trinajstić information content (AvgIpc) is 2.05. The molecule has 52 valence electrons. The summed E-state index contributed by atoms with van der Waals surface area (Å²) in [6, 6.07) is 9.35. The molecule has 0 saturated carbocycles. The SMILES string of the molecule is NN=C(Cl)c1ccccc1. The predicted molar refractivity (Wildman–Crippen MR) is 43.0 cm³/mol. The third-order valence-corrected chi connectivity index (χ3v) is 1.44. The van der Waals surface area contributed by atoms with Crippen molar-refractivity contribution < 1.29 is 0 Å². The number of nitrogens with zero attached hydrogens (tertiary/aromatic N) is 1. The van der Waals surface area contributed by atoms with Gasteiger partial charge in [0.05, 0.1) is 0 Å². The van der Waals surface area contributed by atoms with E-state index in [1.807, 2.05) is 30.3 Å². The van der Waals surface area contributed by atoms with E-state index < -0.39 is 0 Å². The van der Waals surface area contributed by atoms with Gasteiger partial charge in [-0.15, -0.1) is 0 Å². The van der Waals surface area contributed by atoms with Crippen molar-refractivity contribution in [2.75, 3.05) is 0 Å². The summed E-state index contributed by atoms with van der Waals surface area (Å²) in [5, 5.41) is 3.67. The Bertz CT molecular complexity index is 231. The second-order valence-corrected chi connectivity index (χ2v) is 2.14. The molecule has 0 bridgehead atoms. The fraction of sp³-hybridized carbons (Fsp3) is 0. The second-order valence-electron chi connectivity index (χ2n) is 1.79. The maximum absolute atomic E-state index is 5.62. The summed E-state index contributed by atoms with van der Waals surface area (Å²) in [5.74, 6) is 4.96. The lowest BCUT2D eigenvalue weighted by atomic mass is 10.2. The minimum absolute atomic E-state index is 0.334. The summed E-state index contributed by atoms with van der Waals surface area (Å²) >= 11 is 5.62. The Morgan fingerprint density at radius 3 is 2.40 bits per heavy atom. The highest BCUT2D eigenvalue weighted by molar-refractivity contribution is 6.69. The van der Waals surface area contributed by atoms with E-state index in [4.69, 9.17) is 17.4 Å². The Morgan fingerprint density at radius 2 is 1.90 bits per heavy atom. The van der Waals surface area contributed by atoms with Gasteiger partial charge >= 0.3 is 0 Å². The lowest BCUT2D eigenvalue weighted by Gasteiger charge is -1.92. The first-order valence-electron chi connectivity index (χ1n) is 2.83. The third kappa shape index (κ3) is 1.48. The minimum Gasteiger partial charge on any atom is -0.322 e. The highest BCUT2D eigenvalue weighted by Crippen LogP contribution is 2.02. The number of halogens is 1. The number of rotatable bonds is 1. The number of hydrogen-bond donors (Lipinski definition) is 1. The smallest absolute Gasteiger partial charge is 0.155 e. The lowest BCUT2D eigenvalue weighted by Crippen LogP contribution is -1.94. The van der Waals surface area contributed by atoms with Crippen molar-refractivity contribution in [3.8, 4) is 0 Å². The molecule has 0 spiro atoms. The molecular formula is C7H7ClN2. The van der Waals surface area contributed by atoms with Gasteiger partial charge in [0.15, 0.2) is 5.17 Å². The second kappa shape index (κ2) is 3.22. The Labute approximate surface area is 64.3 Å². The monoisotopic (exact) mass is 154 g/mol. The molecule has 0 aliphatic rings. The van der Waals surface area contributed by atoms with Gasteiger partial charge in [-0.3, -0.25) is 0 Å². The molecule has 1 rings (SSSR count). The first-order chi connectivity index (χ1) is 4.84. The maximum atomic E-state index is 5.62. The van der Waals surface area contributed by atoms with Crippen LogP contribution in [0.4, 0.5) is 0 Å². The first-order valence-corrected chi connectivity index (χ1v) is 3.21. The van der Waals surface area contributed by atoms with Crippen LogP contribution in [0.15, 0.2) is 35.4 Å². The summed E-state index contributed by atoms with van der Waals surface area (Å²) in [6.45, 7) is 0. The Balaban J connectivity index is 2.96. The number of hydrazone groups is 1. The van der Waals surface area contributed by atoms with Gasteiger partial charge in [0.2, 0.25) is 0 Å². The quantitative estimate of drug-likeness (QED) is 0.372. The van der Waals surface area contributed by atoms with Crippen molar-refractivity contribution in [2.24, 2.45) is 10.9 Å². The molecule has 0 atom stereocenters. The summed E-state index contributed by atoms with van der Waals surface area (Å²) in [5.41, 5.74) is 0.840. The minimum atomic E-state index is 0.334. The fourth-order valence-electron chi connectivity index (χ4n) is 0.650. The molecule has 2 nitrogen and oxygen atoms in total. The van der Waals surface area contributed by atoms with Crippen molar-refractivity contribution in [3.05, 3.63) is 35.9 Å². The average molecular weight is 155 g/mol. The van der Waals surface area contributed by atoms with Crippen LogP contribution < -0.4 is 5.84 Å². The molecule has 0 heterocycles. The zero-order valence-corrected chi connectivity index (χ0v) is 6.05. The summed E-state index contributed by atoms with van der Waals surface area (Å²) in [4.78, 5) is 0. The molecule has 0 saturated heterocycles. The Hall–Kier alpha value is -1.02. The molecule has 10 heavy (non-hydrogen) atoms. The van der Waals surface area contributed by atoms with Crippen LogP contribution in [0.25, 0.3) is 0 Å². The van der Waals surface area contributed by atoms with Crippen LogP contribution in [0.1, 0.15) is 5.56 Å². The molecule has 2 N–H and O–H groups in total. The van der Waals surface area contributed by atoms with E-state index in [0.29, 0.717) is 5.17 Å². The molecular weight excluding hydrogens is 148 g/mol. The van der Waals surface area contributed by atoms with E-state index in [9.17, 15) is 0 Å². The van der Waals surface area contributed by atoms with Crippen molar-refractivity contribution in [3.63, 3.8) is 0 Å². The highest BCUT2D eigenvalue weighted by Gasteiger charge is 1.94. The predicted octanol–water partition coefficient (Wildman–Crippen LogP) is 1.55. The van der Waals surface area contributed by atoms with E-state index in [2.05, 4.69) is 5.10 Å². The van der Waals surface area contributed by atoms with Crippen LogP contribution in [0, 0.1) is 0 Å². The van der Waals surface area contributed by atoms with Gasteiger partial charge in [-0.05, 0) is 0 Å². The van der Waals surface area contributed by atoms with Crippen LogP contribution in [0.3, 0.4) is 0 Å². The molecule has 0 amide bonds. The van der Waals surface area contributed by atoms with E-state index in [1.54, 1.807) is 0 Å². The van der Waals surface area contributed by atoms with Crippen LogP contribution in [0.5, 0.6) is 0 Å². The van der Waals surface area contributed by atoms with E-state index in [-0.39, 0.29) is 0 Å². The van der Waals surface area contributed by atoms with Crippen molar-refractivity contribution >= 4 is 16.8 Å². The fourth-order valence-corrected chi connectivity index (χ4v) is 0.776. The van der Waals surface area contributed by atoms with Crippen LogP contribution in [-0.4, -0.2) is 5.17 Å². The zero-order valence-electron chi connectivity index (χ0n) is 5.29. The molecule has 0 aromatic heterocycles. The third-order valence-electron chi connectivity index (χ3n) is 1.13. The van der Waals surface area contributed by atoms with Gasteiger partial charge in [0.1, 0.15) is 0 Å². The van der Waals surface area contributed by atoms with Crippen LogP contribution in [-0.2, 0) is 0 Å². The molecule has 3 heteroatoms. The van der Waals surface area contributed by atoms with Gasteiger partial charge in [0.25, 0.3) is 0 Å². The molecule has 0 radical (unpaired) electrons. The van der Waals surface area contributed by atoms with Gasteiger partial charge in [-0.25, -0.2) is 0 Å². The van der Waals surface area contributed by atoms with E-state index in [1.165, 1.54) is 0 Å². The van der Waals surface area contributed by atoms with Gasteiger partial charge < -0.3 is 5.84 Å². The highest BCUT2D eigenvalue weighted by atomic mass is 35.5. The topological polar surface area (TPSA) is 38.4 Å². The first kappa shape index (κ1) is 7.09. The molecule has 1 aromatic rings. The van der Waals surface area contributed by atoms with Crippen molar-refractivity contribution in [1.29, 1.82) is 0 Å². The normalized spacial score (nSPS) is 11.5. The van der Waals surface area contributed by atoms with Crippen molar-refractivity contribution in [2.45, 2.75) is 0 Å². The zero-order chi connectivity index (χ0) is 7.40. The van der Waals surface area contributed by atoms with Crippen molar-refractivity contribution in [1.82, 2.24) is 0 Å².